The van der Waals surface area contributed by atoms with Gasteiger partial charge in [-0.3, -0.25) is 4.79 Å². The lowest BCUT2D eigenvalue weighted by atomic mass is 10.2. The summed E-state index contributed by atoms with van der Waals surface area (Å²) in [5.41, 5.74) is 0. The van der Waals surface area contributed by atoms with Crippen LogP contribution in [0.5, 0.6) is 0 Å². The van der Waals surface area contributed by atoms with E-state index < -0.39 is 0 Å². The number of rotatable bonds is 3. The smallest absolute Gasteiger partial charge is 0.240 e. The van der Waals surface area contributed by atoms with Gasteiger partial charge in [-0.25, -0.2) is 0 Å². The van der Waals surface area contributed by atoms with Gasteiger partial charge in [0.1, 0.15) is 6.04 Å². The summed E-state index contributed by atoms with van der Waals surface area (Å²) in [6.45, 7) is 3.52. The Hall–Kier alpha value is -1.54. The highest BCUT2D eigenvalue weighted by atomic mass is 16.5. The molecule has 1 amide bonds. The summed E-state index contributed by atoms with van der Waals surface area (Å²) in [6, 6.07) is -0.571. The van der Waals surface area contributed by atoms with E-state index in [1.165, 1.54) is 0 Å². The van der Waals surface area contributed by atoms with E-state index in [4.69, 9.17) is 4.74 Å². The van der Waals surface area contributed by atoms with Gasteiger partial charge in [0.15, 0.2) is 5.82 Å². The van der Waals surface area contributed by atoms with Gasteiger partial charge >= 0.3 is 0 Å². The molecule has 0 spiro atoms. The van der Waals surface area contributed by atoms with Gasteiger partial charge in [0, 0.05) is 6.54 Å². The number of H-pyrrole nitrogens is 1. The first kappa shape index (κ1) is 11.0. The number of ether oxygens (including phenoxy) is 1. The molecule has 0 aliphatic carbocycles. The van der Waals surface area contributed by atoms with Crippen molar-refractivity contribution in [2.45, 2.75) is 19.0 Å². The van der Waals surface area contributed by atoms with Crippen LogP contribution in [0.4, 0.5) is 0 Å². The lowest BCUT2D eigenvalue weighted by molar-refractivity contribution is -0.126. The summed E-state index contributed by atoms with van der Waals surface area (Å²) in [4.78, 5) is 11.8. The second kappa shape index (κ2) is 4.99. The summed E-state index contributed by atoms with van der Waals surface area (Å²) in [6.07, 6.45) is 0. The third-order valence-corrected chi connectivity index (χ3v) is 2.35. The first-order valence-corrected chi connectivity index (χ1v) is 5.12. The standard InChI is InChI=1S/C8H14N6O2/c1-5(7-11-13-14-12-7)10-8(15)6-4-16-3-2-9-6/h5-6,9H,2-4H2,1H3,(H,10,15)(H,11,12,13,14). The maximum Gasteiger partial charge on any atom is 0.240 e. The molecular weight excluding hydrogens is 212 g/mol. The monoisotopic (exact) mass is 226 g/mol. The third-order valence-electron chi connectivity index (χ3n) is 2.35. The van der Waals surface area contributed by atoms with Crippen LogP contribution in [-0.4, -0.2) is 52.3 Å². The molecule has 8 heteroatoms. The largest absolute Gasteiger partial charge is 0.378 e. The molecule has 3 N–H and O–H groups in total. The van der Waals surface area contributed by atoms with Gasteiger partial charge in [-0.1, -0.05) is 5.21 Å². The van der Waals surface area contributed by atoms with Crippen molar-refractivity contribution in [2.24, 2.45) is 0 Å². The van der Waals surface area contributed by atoms with E-state index in [-0.39, 0.29) is 18.0 Å². The highest BCUT2D eigenvalue weighted by molar-refractivity contribution is 5.82. The summed E-state index contributed by atoms with van der Waals surface area (Å²) in [5.74, 6) is 0.349. The molecule has 1 aliphatic heterocycles. The van der Waals surface area contributed by atoms with E-state index in [1.54, 1.807) is 6.92 Å². The van der Waals surface area contributed by atoms with Crippen LogP contribution >= 0.6 is 0 Å². The van der Waals surface area contributed by atoms with Crippen molar-refractivity contribution in [1.82, 2.24) is 31.3 Å². The molecule has 0 aromatic carbocycles. The minimum Gasteiger partial charge on any atom is -0.378 e. The van der Waals surface area contributed by atoms with E-state index in [9.17, 15) is 4.79 Å². The average molecular weight is 226 g/mol. The molecule has 16 heavy (non-hydrogen) atoms. The molecule has 2 unspecified atom stereocenters. The predicted molar refractivity (Wildman–Crippen MR) is 53.3 cm³/mol. The fourth-order valence-corrected chi connectivity index (χ4v) is 1.47. The number of tetrazole rings is 1. The molecule has 2 atom stereocenters. The van der Waals surface area contributed by atoms with Crippen LogP contribution in [0.3, 0.4) is 0 Å². The maximum absolute atomic E-state index is 11.8. The molecule has 0 bridgehead atoms. The Morgan fingerprint density at radius 3 is 3.19 bits per heavy atom. The molecule has 0 saturated carbocycles. The molecule has 1 saturated heterocycles. The van der Waals surface area contributed by atoms with Crippen molar-refractivity contribution in [2.75, 3.05) is 19.8 Å². The van der Waals surface area contributed by atoms with Gasteiger partial charge in [0.2, 0.25) is 5.91 Å². The maximum atomic E-state index is 11.8. The van der Waals surface area contributed by atoms with Gasteiger partial charge in [-0.2, -0.15) is 5.21 Å². The van der Waals surface area contributed by atoms with Crippen molar-refractivity contribution in [1.29, 1.82) is 0 Å². The van der Waals surface area contributed by atoms with E-state index in [1.807, 2.05) is 0 Å². The Balaban J connectivity index is 1.86. The van der Waals surface area contributed by atoms with Crippen molar-refractivity contribution in [3.63, 3.8) is 0 Å². The number of morpholine rings is 1. The van der Waals surface area contributed by atoms with Crippen molar-refractivity contribution in [3.8, 4) is 0 Å². The van der Waals surface area contributed by atoms with E-state index in [2.05, 4.69) is 31.3 Å². The van der Waals surface area contributed by atoms with Gasteiger partial charge in [-0.15, -0.1) is 10.2 Å². The minimum atomic E-state index is -0.303. The minimum absolute atomic E-state index is 0.114. The first-order chi connectivity index (χ1) is 7.77. The van der Waals surface area contributed by atoms with Crippen LogP contribution in [0.1, 0.15) is 18.8 Å². The predicted octanol–water partition coefficient (Wildman–Crippen LogP) is -1.63. The molecular formula is C8H14N6O2. The topological polar surface area (TPSA) is 105 Å². The van der Waals surface area contributed by atoms with Crippen LogP contribution in [0, 0.1) is 0 Å². The second-order valence-electron chi connectivity index (χ2n) is 3.58. The Kier molecular flexibility index (Phi) is 3.42. The van der Waals surface area contributed by atoms with Crippen molar-refractivity contribution >= 4 is 5.91 Å². The number of aromatic nitrogens is 4. The normalized spacial score (nSPS) is 22.7. The van der Waals surface area contributed by atoms with Crippen LogP contribution in [-0.2, 0) is 9.53 Å². The lowest BCUT2D eigenvalue weighted by Crippen LogP contribution is -2.51. The number of amides is 1. The zero-order chi connectivity index (χ0) is 11.4. The summed E-state index contributed by atoms with van der Waals surface area (Å²) < 4.78 is 5.20. The Morgan fingerprint density at radius 1 is 1.69 bits per heavy atom. The van der Waals surface area contributed by atoms with Crippen LogP contribution < -0.4 is 10.6 Å². The van der Waals surface area contributed by atoms with Crippen LogP contribution in [0.15, 0.2) is 0 Å². The number of nitrogens with one attached hydrogen (secondary N) is 3. The Labute approximate surface area is 92.1 Å². The molecule has 8 nitrogen and oxygen atoms in total. The van der Waals surface area contributed by atoms with E-state index >= 15 is 0 Å². The number of hydrogen-bond acceptors (Lipinski definition) is 6. The highest BCUT2D eigenvalue weighted by Crippen LogP contribution is 2.04. The van der Waals surface area contributed by atoms with Gasteiger partial charge < -0.3 is 15.4 Å². The molecule has 2 rings (SSSR count). The Bertz CT molecular complexity index is 334. The van der Waals surface area contributed by atoms with Crippen molar-refractivity contribution < 1.29 is 9.53 Å². The molecule has 1 aliphatic rings. The molecule has 2 heterocycles. The number of aromatic amines is 1. The highest BCUT2D eigenvalue weighted by Gasteiger charge is 2.23. The van der Waals surface area contributed by atoms with Crippen molar-refractivity contribution in [3.05, 3.63) is 5.82 Å². The number of nitrogens with zero attached hydrogens (tertiary/aromatic N) is 3. The zero-order valence-corrected chi connectivity index (χ0v) is 8.93. The molecule has 1 aromatic rings. The Morgan fingerprint density at radius 2 is 2.56 bits per heavy atom. The van der Waals surface area contributed by atoms with Gasteiger partial charge in [-0.05, 0) is 6.92 Å². The fourth-order valence-electron chi connectivity index (χ4n) is 1.47. The number of carbonyl (C=O) groups is 1. The summed E-state index contributed by atoms with van der Waals surface area (Å²) in [7, 11) is 0. The fraction of sp³-hybridized carbons (Fsp3) is 0.750. The summed E-state index contributed by atoms with van der Waals surface area (Å²) >= 11 is 0. The molecule has 1 aromatic heterocycles. The van der Waals surface area contributed by atoms with Crippen LogP contribution in [0.25, 0.3) is 0 Å². The first-order valence-electron chi connectivity index (χ1n) is 5.12. The third kappa shape index (κ3) is 2.52. The average Bonchev–Trinajstić information content (AvgIpc) is 2.83. The summed E-state index contributed by atoms with van der Waals surface area (Å²) in [5, 5.41) is 19.2. The zero-order valence-electron chi connectivity index (χ0n) is 8.93. The second-order valence-corrected chi connectivity index (χ2v) is 3.58. The quantitative estimate of drug-likeness (QED) is 0.571. The van der Waals surface area contributed by atoms with E-state index in [0.717, 1.165) is 0 Å². The van der Waals surface area contributed by atoms with Gasteiger partial charge in [0.25, 0.3) is 0 Å². The lowest BCUT2D eigenvalue weighted by Gasteiger charge is -2.23. The number of hydrogen-bond donors (Lipinski definition) is 3. The molecule has 0 radical (unpaired) electrons. The molecule has 1 fully saturated rings. The number of carbonyl (C=O) groups excluding carboxylic acids is 1. The van der Waals surface area contributed by atoms with Crippen LogP contribution in [0.2, 0.25) is 0 Å². The molecule has 88 valence electrons. The van der Waals surface area contributed by atoms with Gasteiger partial charge in [0.05, 0.1) is 19.3 Å². The SMILES string of the molecule is CC(NC(=O)C1COCCN1)c1nn[nH]n1. The van der Waals surface area contributed by atoms with E-state index in [0.29, 0.717) is 25.6 Å².